The SMILES string of the molecule is Cc1cc(C(=O)Cc2c(Cl)cccc2Cl)co1. The topological polar surface area (TPSA) is 30.2 Å². The normalized spacial score (nSPS) is 10.5. The minimum Gasteiger partial charge on any atom is -0.469 e. The molecule has 0 saturated carbocycles. The molecular formula is C13H10Cl2O2. The van der Waals surface area contributed by atoms with Crippen LogP contribution in [0.5, 0.6) is 0 Å². The number of carbonyl (C=O) groups excluding carboxylic acids is 1. The summed E-state index contributed by atoms with van der Waals surface area (Å²) in [7, 11) is 0. The maximum atomic E-state index is 12.0. The molecule has 0 amide bonds. The fourth-order valence-corrected chi connectivity index (χ4v) is 2.08. The quantitative estimate of drug-likeness (QED) is 0.777. The van der Waals surface area contributed by atoms with Crippen LogP contribution in [0.25, 0.3) is 0 Å². The summed E-state index contributed by atoms with van der Waals surface area (Å²) in [4.78, 5) is 12.0. The molecule has 1 aromatic carbocycles. The minimum absolute atomic E-state index is 0.0585. The van der Waals surface area contributed by atoms with Crippen molar-refractivity contribution in [1.29, 1.82) is 0 Å². The molecule has 2 nitrogen and oxygen atoms in total. The Morgan fingerprint density at radius 1 is 1.29 bits per heavy atom. The lowest BCUT2D eigenvalue weighted by Crippen LogP contribution is -2.03. The molecule has 0 N–H and O–H groups in total. The second-order valence-corrected chi connectivity index (χ2v) is 4.56. The molecule has 0 spiro atoms. The van der Waals surface area contributed by atoms with Gasteiger partial charge in [0.15, 0.2) is 5.78 Å². The van der Waals surface area contributed by atoms with E-state index in [-0.39, 0.29) is 12.2 Å². The molecule has 0 bridgehead atoms. The van der Waals surface area contributed by atoms with E-state index in [1.54, 1.807) is 31.2 Å². The van der Waals surface area contributed by atoms with Crippen LogP contribution in [0.4, 0.5) is 0 Å². The van der Waals surface area contributed by atoms with Crippen molar-refractivity contribution in [3.63, 3.8) is 0 Å². The van der Waals surface area contributed by atoms with Crippen LogP contribution < -0.4 is 0 Å². The smallest absolute Gasteiger partial charge is 0.170 e. The Bertz CT molecular complexity index is 538. The number of carbonyl (C=O) groups is 1. The third kappa shape index (κ3) is 2.71. The van der Waals surface area contributed by atoms with Crippen LogP contribution in [0.1, 0.15) is 21.7 Å². The molecule has 17 heavy (non-hydrogen) atoms. The monoisotopic (exact) mass is 268 g/mol. The fourth-order valence-electron chi connectivity index (χ4n) is 1.55. The zero-order valence-corrected chi connectivity index (χ0v) is 10.7. The highest BCUT2D eigenvalue weighted by atomic mass is 35.5. The first-order valence-electron chi connectivity index (χ1n) is 5.09. The molecule has 1 heterocycles. The van der Waals surface area contributed by atoms with Crippen molar-refractivity contribution in [3.8, 4) is 0 Å². The summed E-state index contributed by atoms with van der Waals surface area (Å²) in [5.41, 5.74) is 1.19. The first-order chi connectivity index (χ1) is 8.08. The number of halogens is 2. The molecule has 88 valence electrons. The van der Waals surface area contributed by atoms with Crippen LogP contribution >= 0.6 is 23.2 Å². The van der Waals surface area contributed by atoms with Crippen LogP contribution in [0, 0.1) is 6.92 Å². The van der Waals surface area contributed by atoms with E-state index in [0.717, 1.165) is 0 Å². The van der Waals surface area contributed by atoms with Crippen molar-refractivity contribution in [2.45, 2.75) is 13.3 Å². The van der Waals surface area contributed by atoms with Crippen molar-refractivity contribution < 1.29 is 9.21 Å². The van der Waals surface area contributed by atoms with E-state index in [1.165, 1.54) is 6.26 Å². The second-order valence-electron chi connectivity index (χ2n) is 3.75. The lowest BCUT2D eigenvalue weighted by atomic mass is 10.1. The number of hydrogen-bond acceptors (Lipinski definition) is 2. The highest BCUT2D eigenvalue weighted by Gasteiger charge is 2.14. The Hall–Kier alpha value is -1.25. The van der Waals surface area contributed by atoms with Crippen molar-refractivity contribution in [1.82, 2.24) is 0 Å². The standard InChI is InChI=1S/C13H10Cl2O2/c1-8-5-9(7-17-8)13(16)6-10-11(14)3-2-4-12(10)15/h2-5,7H,6H2,1H3. The molecule has 0 unspecified atom stereocenters. The zero-order chi connectivity index (χ0) is 12.4. The Labute approximate surface area is 109 Å². The largest absolute Gasteiger partial charge is 0.469 e. The molecule has 0 radical (unpaired) electrons. The number of aryl methyl sites for hydroxylation is 1. The predicted octanol–water partition coefficient (Wildman–Crippen LogP) is 4.32. The van der Waals surface area contributed by atoms with Gasteiger partial charge >= 0.3 is 0 Å². The molecule has 0 atom stereocenters. The highest BCUT2D eigenvalue weighted by Crippen LogP contribution is 2.25. The first-order valence-corrected chi connectivity index (χ1v) is 5.84. The Balaban J connectivity index is 2.24. The average Bonchev–Trinajstić information content (AvgIpc) is 2.70. The molecule has 4 heteroatoms. The summed E-state index contributed by atoms with van der Waals surface area (Å²) in [6.07, 6.45) is 1.62. The van der Waals surface area contributed by atoms with E-state index < -0.39 is 0 Å². The molecule has 1 aromatic heterocycles. The summed E-state index contributed by atoms with van der Waals surface area (Å²) in [5, 5.41) is 1.01. The van der Waals surface area contributed by atoms with E-state index in [2.05, 4.69) is 0 Å². The molecule has 0 aliphatic rings. The number of Topliss-reactive ketones (excluding diaryl/α,β-unsaturated/α-hetero) is 1. The van der Waals surface area contributed by atoms with Gasteiger partial charge in [-0.1, -0.05) is 29.3 Å². The summed E-state index contributed by atoms with van der Waals surface area (Å²) in [5.74, 6) is 0.649. The number of furan rings is 1. The van der Waals surface area contributed by atoms with Gasteiger partial charge in [0.05, 0.1) is 5.56 Å². The summed E-state index contributed by atoms with van der Waals surface area (Å²) in [6, 6.07) is 6.89. The van der Waals surface area contributed by atoms with Crippen LogP contribution in [-0.4, -0.2) is 5.78 Å². The third-order valence-electron chi connectivity index (χ3n) is 2.45. The summed E-state index contributed by atoms with van der Waals surface area (Å²) < 4.78 is 5.10. The number of ketones is 1. The van der Waals surface area contributed by atoms with Gasteiger partial charge in [0.2, 0.25) is 0 Å². The zero-order valence-electron chi connectivity index (χ0n) is 9.17. The van der Waals surface area contributed by atoms with Gasteiger partial charge < -0.3 is 4.42 Å². The van der Waals surface area contributed by atoms with E-state index >= 15 is 0 Å². The Kier molecular flexibility index (Phi) is 3.55. The minimum atomic E-state index is -0.0585. The predicted molar refractivity (Wildman–Crippen MR) is 67.9 cm³/mol. The van der Waals surface area contributed by atoms with Crippen molar-refractivity contribution in [2.75, 3.05) is 0 Å². The van der Waals surface area contributed by atoms with Gasteiger partial charge in [-0.2, -0.15) is 0 Å². The van der Waals surface area contributed by atoms with Gasteiger partial charge in [0.25, 0.3) is 0 Å². The lowest BCUT2D eigenvalue weighted by molar-refractivity contribution is 0.0992. The maximum Gasteiger partial charge on any atom is 0.170 e. The molecule has 2 aromatic rings. The fraction of sp³-hybridized carbons (Fsp3) is 0.154. The number of hydrogen-bond donors (Lipinski definition) is 0. The van der Waals surface area contributed by atoms with E-state index in [4.69, 9.17) is 27.6 Å². The van der Waals surface area contributed by atoms with Gasteiger partial charge in [-0.3, -0.25) is 4.79 Å². The van der Waals surface area contributed by atoms with Crippen molar-refractivity contribution >= 4 is 29.0 Å². The van der Waals surface area contributed by atoms with Gasteiger partial charge in [-0.05, 0) is 30.7 Å². The summed E-state index contributed by atoms with van der Waals surface area (Å²) in [6.45, 7) is 1.79. The molecular weight excluding hydrogens is 259 g/mol. The van der Waals surface area contributed by atoms with E-state index in [0.29, 0.717) is 26.9 Å². The van der Waals surface area contributed by atoms with E-state index in [1.807, 2.05) is 0 Å². The number of rotatable bonds is 3. The first kappa shape index (κ1) is 12.2. The van der Waals surface area contributed by atoms with Crippen LogP contribution in [0.3, 0.4) is 0 Å². The number of benzene rings is 1. The van der Waals surface area contributed by atoms with E-state index in [9.17, 15) is 4.79 Å². The Morgan fingerprint density at radius 3 is 2.47 bits per heavy atom. The second kappa shape index (κ2) is 4.94. The molecule has 0 fully saturated rings. The third-order valence-corrected chi connectivity index (χ3v) is 3.16. The van der Waals surface area contributed by atoms with Gasteiger partial charge in [0, 0.05) is 16.5 Å². The average molecular weight is 269 g/mol. The van der Waals surface area contributed by atoms with Gasteiger partial charge in [0.1, 0.15) is 12.0 Å². The molecule has 0 saturated heterocycles. The van der Waals surface area contributed by atoms with Crippen molar-refractivity contribution in [2.24, 2.45) is 0 Å². The lowest BCUT2D eigenvalue weighted by Gasteiger charge is -2.04. The van der Waals surface area contributed by atoms with Crippen molar-refractivity contribution in [3.05, 3.63) is 57.5 Å². The van der Waals surface area contributed by atoms with Crippen LogP contribution in [0.2, 0.25) is 10.0 Å². The summed E-state index contributed by atoms with van der Waals surface area (Å²) >= 11 is 12.0. The van der Waals surface area contributed by atoms with Gasteiger partial charge in [-0.15, -0.1) is 0 Å². The maximum absolute atomic E-state index is 12.0. The molecule has 0 aliphatic carbocycles. The van der Waals surface area contributed by atoms with Crippen LogP contribution in [0.15, 0.2) is 34.9 Å². The van der Waals surface area contributed by atoms with Gasteiger partial charge in [-0.25, -0.2) is 0 Å². The Morgan fingerprint density at radius 2 is 1.94 bits per heavy atom. The highest BCUT2D eigenvalue weighted by molar-refractivity contribution is 6.36. The molecule has 2 rings (SSSR count). The molecule has 0 aliphatic heterocycles. The van der Waals surface area contributed by atoms with Crippen LogP contribution in [-0.2, 0) is 6.42 Å².